The lowest BCUT2D eigenvalue weighted by molar-refractivity contribution is -0.181. The maximum Gasteiger partial charge on any atom is 0.393 e. The number of carbonyl (C=O) groups excluding carboxylic acids is 1. The third kappa shape index (κ3) is 3.59. The molecule has 0 bridgehead atoms. The van der Waals surface area contributed by atoms with Gasteiger partial charge < -0.3 is 10.6 Å². The van der Waals surface area contributed by atoms with Crippen molar-refractivity contribution in [1.29, 1.82) is 0 Å². The zero-order chi connectivity index (χ0) is 13.2. The van der Waals surface area contributed by atoms with Crippen molar-refractivity contribution in [2.75, 3.05) is 13.1 Å². The number of nitrogens with zero attached hydrogens (tertiary/aromatic N) is 1. The van der Waals surface area contributed by atoms with E-state index in [1.54, 1.807) is 13.8 Å². The number of hydrogen-bond acceptors (Lipinski definition) is 2. The molecule has 6 heteroatoms. The molecule has 0 radical (unpaired) electrons. The molecule has 1 amide bonds. The Morgan fingerprint density at radius 2 is 1.82 bits per heavy atom. The maximum absolute atomic E-state index is 12.7. The van der Waals surface area contributed by atoms with Gasteiger partial charge in [0.05, 0.1) is 5.92 Å². The van der Waals surface area contributed by atoms with E-state index in [2.05, 4.69) is 0 Å². The largest absolute Gasteiger partial charge is 0.393 e. The molecule has 1 aliphatic rings. The summed E-state index contributed by atoms with van der Waals surface area (Å²) < 4.78 is 38.0. The first kappa shape index (κ1) is 14.3. The smallest absolute Gasteiger partial charge is 0.342 e. The van der Waals surface area contributed by atoms with Gasteiger partial charge in [0.15, 0.2) is 0 Å². The molecule has 0 aromatic heterocycles. The number of halogens is 3. The third-order valence-corrected chi connectivity index (χ3v) is 3.19. The van der Waals surface area contributed by atoms with Crippen LogP contribution in [-0.4, -0.2) is 36.1 Å². The zero-order valence-electron chi connectivity index (χ0n) is 10.1. The van der Waals surface area contributed by atoms with Crippen molar-refractivity contribution in [3.05, 3.63) is 0 Å². The van der Waals surface area contributed by atoms with Crippen molar-refractivity contribution in [3.63, 3.8) is 0 Å². The molecule has 1 heterocycles. The topological polar surface area (TPSA) is 46.3 Å². The van der Waals surface area contributed by atoms with Crippen LogP contribution in [0.25, 0.3) is 0 Å². The van der Waals surface area contributed by atoms with Gasteiger partial charge in [0, 0.05) is 25.0 Å². The van der Waals surface area contributed by atoms with E-state index in [9.17, 15) is 18.0 Å². The van der Waals surface area contributed by atoms with Crippen LogP contribution in [0, 0.1) is 11.8 Å². The zero-order valence-corrected chi connectivity index (χ0v) is 10.1. The maximum atomic E-state index is 12.7. The molecule has 1 fully saturated rings. The molecular weight excluding hydrogens is 233 g/mol. The van der Waals surface area contributed by atoms with Crippen molar-refractivity contribution in [3.8, 4) is 0 Å². The van der Waals surface area contributed by atoms with Gasteiger partial charge in [-0.2, -0.15) is 13.2 Å². The Kier molecular flexibility index (Phi) is 4.41. The number of nitrogens with two attached hydrogens (primary N) is 1. The molecule has 0 aromatic rings. The summed E-state index contributed by atoms with van der Waals surface area (Å²) in [6.07, 6.45) is -4.15. The molecule has 100 valence electrons. The van der Waals surface area contributed by atoms with E-state index >= 15 is 0 Å². The predicted molar refractivity (Wildman–Crippen MR) is 58.2 cm³/mol. The first-order valence-electron chi connectivity index (χ1n) is 5.84. The Hall–Kier alpha value is -0.780. The van der Waals surface area contributed by atoms with E-state index in [4.69, 9.17) is 5.73 Å². The molecule has 0 saturated carbocycles. The van der Waals surface area contributed by atoms with Gasteiger partial charge >= 0.3 is 6.18 Å². The second kappa shape index (κ2) is 5.25. The van der Waals surface area contributed by atoms with Gasteiger partial charge in [-0.1, -0.05) is 13.8 Å². The summed E-state index contributed by atoms with van der Waals surface area (Å²) in [4.78, 5) is 13.2. The SMILES string of the molecule is CC(C)C(=O)N1CCC(N)C(C(F)(F)F)CC1. The third-order valence-electron chi connectivity index (χ3n) is 3.19. The number of carbonyl (C=O) groups is 1. The fourth-order valence-electron chi connectivity index (χ4n) is 2.12. The fourth-order valence-corrected chi connectivity index (χ4v) is 2.12. The van der Waals surface area contributed by atoms with E-state index in [-0.39, 0.29) is 31.2 Å². The first-order valence-corrected chi connectivity index (χ1v) is 5.84. The highest BCUT2D eigenvalue weighted by Gasteiger charge is 2.44. The summed E-state index contributed by atoms with van der Waals surface area (Å²) in [6.45, 7) is 3.96. The Balaban J connectivity index is 2.69. The summed E-state index contributed by atoms with van der Waals surface area (Å²) in [5, 5.41) is 0. The Morgan fingerprint density at radius 3 is 2.29 bits per heavy atom. The van der Waals surface area contributed by atoms with Gasteiger partial charge in [-0.25, -0.2) is 0 Å². The highest BCUT2D eigenvalue weighted by molar-refractivity contribution is 5.78. The van der Waals surface area contributed by atoms with E-state index in [0.29, 0.717) is 6.54 Å². The van der Waals surface area contributed by atoms with Crippen LogP contribution in [0.3, 0.4) is 0 Å². The number of alkyl halides is 3. The average Bonchev–Trinajstić information content (AvgIpc) is 2.38. The molecule has 0 aliphatic carbocycles. The lowest BCUT2D eigenvalue weighted by Crippen LogP contribution is -2.39. The van der Waals surface area contributed by atoms with Gasteiger partial charge in [0.25, 0.3) is 0 Å². The summed E-state index contributed by atoms with van der Waals surface area (Å²) in [7, 11) is 0. The van der Waals surface area contributed by atoms with Gasteiger partial charge in [-0.15, -0.1) is 0 Å². The number of hydrogen-bond donors (Lipinski definition) is 1. The van der Waals surface area contributed by atoms with Gasteiger partial charge in [-0.3, -0.25) is 4.79 Å². The summed E-state index contributed by atoms with van der Waals surface area (Å²) in [6, 6.07) is -0.903. The van der Waals surface area contributed by atoms with E-state index in [1.807, 2.05) is 0 Å². The number of rotatable bonds is 1. The lowest BCUT2D eigenvalue weighted by Gasteiger charge is -2.23. The minimum atomic E-state index is -4.27. The number of amides is 1. The Labute approximate surface area is 99.1 Å². The predicted octanol–water partition coefficient (Wildman–Crippen LogP) is 1.77. The van der Waals surface area contributed by atoms with Crippen molar-refractivity contribution >= 4 is 5.91 Å². The molecule has 1 aliphatic heterocycles. The molecule has 2 atom stereocenters. The monoisotopic (exact) mass is 252 g/mol. The van der Waals surface area contributed by atoms with Gasteiger partial charge in [-0.05, 0) is 12.8 Å². The van der Waals surface area contributed by atoms with Crippen LogP contribution in [-0.2, 0) is 4.79 Å². The van der Waals surface area contributed by atoms with Crippen LogP contribution in [0.1, 0.15) is 26.7 Å². The molecular formula is C11H19F3N2O. The quantitative estimate of drug-likeness (QED) is 0.773. The minimum Gasteiger partial charge on any atom is -0.342 e. The van der Waals surface area contributed by atoms with Crippen molar-refractivity contribution in [2.45, 2.75) is 38.9 Å². The lowest BCUT2D eigenvalue weighted by atomic mass is 9.95. The van der Waals surface area contributed by atoms with Crippen molar-refractivity contribution in [2.24, 2.45) is 17.6 Å². The molecule has 3 nitrogen and oxygen atoms in total. The summed E-state index contributed by atoms with van der Waals surface area (Å²) in [5.41, 5.74) is 5.55. The number of likely N-dealkylation sites (tertiary alicyclic amines) is 1. The standard InChI is InChI=1S/C11H19F3N2O/c1-7(2)10(17)16-5-3-8(11(12,13)14)9(15)4-6-16/h7-9H,3-6,15H2,1-2H3. The molecule has 0 aromatic carbocycles. The van der Waals surface area contributed by atoms with Crippen LogP contribution >= 0.6 is 0 Å². The van der Waals surface area contributed by atoms with E-state index in [1.165, 1.54) is 4.90 Å². The van der Waals surface area contributed by atoms with Crippen LogP contribution in [0.2, 0.25) is 0 Å². The summed E-state index contributed by atoms with van der Waals surface area (Å²) >= 11 is 0. The summed E-state index contributed by atoms with van der Waals surface area (Å²) in [5.74, 6) is -1.78. The highest BCUT2D eigenvalue weighted by atomic mass is 19.4. The van der Waals surface area contributed by atoms with Crippen molar-refractivity contribution in [1.82, 2.24) is 4.90 Å². The second-order valence-corrected chi connectivity index (χ2v) is 4.87. The Morgan fingerprint density at radius 1 is 1.29 bits per heavy atom. The van der Waals surface area contributed by atoms with Crippen LogP contribution in [0.5, 0.6) is 0 Å². The Bertz CT molecular complexity index is 278. The van der Waals surface area contributed by atoms with E-state index < -0.39 is 18.1 Å². The normalized spacial score (nSPS) is 27.1. The molecule has 1 rings (SSSR count). The molecule has 0 spiro atoms. The molecule has 1 saturated heterocycles. The van der Waals surface area contributed by atoms with E-state index in [0.717, 1.165) is 0 Å². The minimum absolute atomic E-state index is 0.0941. The first-order chi connectivity index (χ1) is 7.73. The van der Waals surface area contributed by atoms with Crippen LogP contribution < -0.4 is 5.73 Å². The van der Waals surface area contributed by atoms with Gasteiger partial charge in [0.2, 0.25) is 5.91 Å². The van der Waals surface area contributed by atoms with Crippen LogP contribution in [0.4, 0.5) is 13.2 Å². The average molecular weight is 252 g/mol. The highest BCUT2D eigenvalue weighted by Crippen LogP contribution is 2.33. The molecule has 2 N–H and O–H groups in total. The fraction of sp³-hybridized carbons (Fsp3) is 0.909. The second-order valence-electron chi connectivity index (χ2n) is 4.87. The molecule has 17 heavy (non-hydrogen) atoms. The van der Waals surface area contributed by atoms with Gasteiger partial charge in [0.1, 0.15) is 0 Å². The van der Waals surface area contributed by atoms with Crippen LogP contribution in [0.15, 0.2) is 0 Å². The van der Waals surface area contributed by atoms with Crippen molar-refractivity contribution < 1.29 is 18.0 Å². The molecule has 2 unspecified atom stereocenters.